The first-order chi connectivity index (χ1) is 9.20. The lowest BCUT2D eigenvalue weighted by Gasteiger charge is -2.06. The van der Waals surface area contributed by atoms with E-state index >= 15 is 0 Å². The second-order valence-electron chi connectivity index (χ2n) is 4.75. The Balaban J connectivity index is 2.23. The molecule has 19 heavy (non-hydrogen) atoms. The van der Waals surface area contributed by atoms with E-state index < -0.39 is 0 Å². The van der Waals surface area contributed by atoms with Crippen LogP contribution in [0, 0.1) is 0 Å². The van der Waals surface area contributed by atoms with E-state index in [9.17, 15) is 4.79 Å². The van der Waals surface area contributed by atoms with Crippen molar-refractivity contribution in [1.29, 1.82) is 0 Å². The van der Waals surface area contributed by atoms with Gasteiger partial charge in [0.15, 0.2) is 5.71 Å². The molecule has 0 bridgehead atoms. The van der Waals surface area contributed by atoms with Crippen LogP contribution < -0.4 is 16.3 Å². The normalized spacial score (nSPS) is 14.7. The summed E-state index contributed by atoms with van der Waals surface area (Å²) in [5, 5.41) is 0. The van der Waals surface area contributed by atoms with E-state index in [2.05, 4.69) is 4.99 Å². The highest BCUT2D eigenvalue weighted by atomic mass is 16.1. The van der Waals surface area contributed by atoms with E-state index in [1.54, 1.807) is 9.36 Å². The highest BCUT2D eigenvalue weighted by Gasteiger charge is 2.27. The number of nitrogens with two attached hydrogens (primary N) is 1. The topological polar surface area (TPSA) is 66.9 Å². The van der Waals surface area contributed by atoms with Gasteiger partial charge in [0.1, 0.15) is 17.9 Å². The summed E-state index contributed by atoms with van der Waals surface area (Å²) in [5.74, 6) is 0.512. The van der Waals surface area contributed by atoms with Crippen molar-refractivity contribution in [2.75, 3.05) is 12.3 Å². The molecule has 5 heteroatoms. The van der Waals surface area contributed by atoms with Gasteiger partial charge in [-0.05, 0) is 12.1 Å². The predicted molar refractivity (Wildman–Crippen MR) is 74.6 cm³/mol. The Labute approximate surface area is 111 Å². The van der Waals surface area contributed by atoms with Crippen molar-refractivity contribution in [1.82, 2.24) is 9.36 Å². The van der Waals surface area contributed by atoms with Gasteiger partial charge in [-0.3, -0.25) is 9.48 Å². The van der Waals surface area contributed by atoms with E-state index in [1.807, 2.05) is 37.4 Å². The Morgan fingerprint density at radius 2 is 2.00 bits per heavy atom. The highest BCUT2D eigenvalue weighted by molar-refractivity contribution is 6.00. The summed E-state index contributed by atoms with van der Waals surface area (Å²) < 4.78 is 3.32. The number of nitrogen functional groups attached to an aromatic ring is 1. The molecule has 1 aliphatic rings. The molecule has 0 saturated heterocycles. The maximum atomic E-state index is 12.6. The van der Waals surface area contributed by atoms with Gasteiger partial charge in [0.05, 0.1) is 5.69 Å². The molecule has 0 fully saturated rings. The lowest BCUT2D eigenvalue weighted by molar-refractivity contribution is -0.446. The van der Waals surface area contributed by atoms with Crippen molar-refractivity contribution < 1.29 is 4.99 Å². The van der Waals surface area contributed by atoms with Crippen LogP contribution in [0.1, 0.15) is 18.4 Å². The van der Waals surface area contributed by atoms with Crippen LogP contribution in [0.15, 0.2) is 35.1 Å². The quantitative estimate of drug-likeness (QED) is 0.756. The number of nitrogens with zero attached hydrogens (tertiary/aromatic N) is 2. The molecule has 0 aliphatic carbocycles. The monoisotopic (exact) mass is 257 g/mol. The average molecular weight is 257 g/mol. The van der Waals surface area contributed by atoms with Gasteiger partial charge in [-0.25, -0.2) is 9.67 Å². The molecular formula is C14H17N4O+. The summed E-state index contributed by atoms with van der Waals surface area (Å²) in [4.78, 5) is 15.9. The van der Waals surface area contributed by atoms with Gasteiger partial charge < -0.3 is 5.73 Å². The Kier molecular flexibility index (Phi) is 2.74. The molecular weight excluding hydrogens is 240 g/mol. The molecule has 2 aromatic rings. The summed E-state index contributed by atoms with van der Waals surface area (Å²) in [5.41, 5.74) is 8.45. The minimum absolute atomic E-state index is 0.0596. The highest BCUT2D eigenvalue weighted by Crippen LogP contribution is 2.14. The zero-order valence-electron chi connectivity index (χ0n) is 10.9. The fraction of sp³-hybridized carbons (Fsp3) is 0.286. The van der Waals surface area contributed by atoms with Crippen molar-refractivity contribution in [2.24, 2.45) is 7.05 Å². The Hall–Kier alpha value is -2.30. The molecule has 0 radical (unpaired) electrons. The van der Waals surface area contributed by atoms with Crippen LogP contribution in [-0.2, 0) is 7.05 Å². The first kappa shape index (κ1) is 11.8. The van der Waals surface area contributed by atoms with E-state index in [0.29, 0.717) is 11.4 Å². The standard InChI is InChI=1S/C14H16N4O/c1-17-13(15)12(11-8-5-9-16-11)14(19)18(17)10-6-3-2-4-7-10/h2-4,6-7H,5,8-9,15H2,1H3/p+1. The summed E-state index contributed by atoms with van der Waals surface area (Å²) in [7, 11) is 1.81. The first-order valence-electron chi connectivity index (χ1n) is 6.43. The number of nitrogens with one attached hydrogen (secondary N) is 1. The van der Waals surface area contributed by atoms with Crippen molar-refractivity contribution in [3.63, 3.8) is 0 Å². The van der Waals surface area contributed by atoms with Crippen molar-refractivity contribution in [2.45, 2.75) is 12.8 Å². The summed E-state index contributed by atoms with van der Waals surface area (Å²) >= 11 is 0. The van der Waals surface area contributed by atoms with Crippen LogP contribution in [0.4, 0.5) is 5.82 Å². The minimum Gasteiger partial charge on any atom is -0.383 e. The molecule has 1 aromatic carbocycles. The molecule has 1 aliphatic heterocycles. The summed E-state index contributed by atoms with van der Waals surface area (Å²) in [6.07, 6.45) is 1.94. The third-order valence-electron chi connectivity index (χ3n) is 3.56. The fourth-order valence-electron chi connectivity index (χ4n) is 2.57. The van der Waals surface area contributed by atoms with E-state index in [0.717, 1.165) is 30.8 Å². The number of anilines is 1. The van der Waals surface area contributed by atoms with Crippen LogP contribution in [-0.4, -0.2) is 21.6 Å². The third kappa shape index (κ3) is 1.78. The van der Waals surface area contributed by atoms with Gasteiger partial charge in [0.2, 0.25) is 0 Å². The zero-order chi connectivity index (χ0) is 13.4. The summed E-state index contributed by atoms with van der Waals surface area (Å²) in [6.45, 7) is 0.911. The van der Waals surface area contributed by atoms with Crippen LogP contribution in [0.3, 0.4) is 0 Å². The molecule has 0 amide bonds. The third-order valence-corrected chi connectivity index (χ3v) is 3.56. The van der Waals surface area contributed by atoms with E-state index in [4.69, 9.17) is 5.73 Å². The Morgan fingerprint density at radius 3 is 2.63 bits per heavy atom. The van der Waals surface area contributed by atoms with E-state index in [-0.39, 0.29) is 5.56 Å². The Bertz CT molecular complexity index is 694. The average Bonchev–Trinajstić information content (AvgIpc) is 3.00. The minimum atomic E-state index is -0.0596. The number of rotatable bonds is 2. The molecule has 3 rings (SSSR count). The van der Waals surface area contributed by atoms with Gasteiger partial charge in [-0.1, -0.05) is 18.2 Å². The molecule has 5 nitrogen and oxygen atoms in total. The Morgan fingerprint density at radius 1 is 1.26 bits per heavy atom. The molecule has 0 unspecified atom stereocenters. The maximum absolute atomic E-state index is 12.6. The van der Waals surface area contributed by atoms with Crippen molar-refractivity contribution in [3.05, 3.63) is 46.2 Å². The van der Waals surface area contributed by atoms with Gasteiger partial charge in [-0.2, -0.15) is 0 Å². The largest absolute Gasteiger partial charge is 0.383 e. The smallest absolute Gasteiger partial charge is 0.287 e. The fourth-order valence-corrected chi connectivity index (χ4v) is 2.57. The predicted octanol–water partition coefficient (Wildman–Crippen LogP) is -0.578. The lowest BCUT2D eigenvalue weighted by Crippen LogP contribution is -2.70. The molecule has 2 heterocycles. The number of aromatic nitrogens is 2. The van der Waals surface area contributed by atoms with Crippen LogP contribution in [0.25, 0.3) is 5.69 Å². The second-order valence-corrected chi connectivity index (χ2v) is 4.75. The number of hydrogen-bond acceptors (Lipinski definition) is 2. The molecule has 3 N–H and O–H groups in total. The molecule has 0 spiro atoms. The molecule has 98 valence electrons. The molecule has 1 aromatic heterocycles. The molecule has 0 atom stereocenters. The number of para-hydroxylation sites is 1. The van der Waals surface area contributed by atoms with Gasteiger partial charge >= 0.3 is 0 Å². The first-order valence-corrected chi connectivity index (χ1v) is 6.43. The van der Waals surface area contributed by atoms with Crippen LogP contribution in [0.5, 0.6) is 0 Å². The lowest BCUT2D eigenvalue weighted by atomic mass is 10.1. The zero-order valence-corrected chi connectivity index (χ0v) is 10.9. The number of benzene rings is 1. The molecule has 0 saturated carbocycles. The van der Waals surface area contributed by atoms with Gasteiger partial charge in [0, 0.05) is 19.9 Å². The van der Waals surface area contributed by atoms with Crippen LogP contribution >= 0.6 is 0 Å². The van der Waals surface area contributed by atoms with Gasteiger partial charge in [0.25, 0.3) is 5.56 Å². The number of hydrogen-bond donors (Lipinski definition) is 2. The van der Waals surface area contributed by atoms with Gasteiger partial charge in [-0.15, -0.1) is 0 Å². The van der Waals surface area contributed by atoms with Crippen molar-refractivity contribution >= 4 is 11.5 Å². The summed E-state index contributed by atoms with van der Waals surface area (Å²) in [6, 6.07) is 9.54. The van der Waals surface area contributed by atoms with E-state index in [1.165, 1.54) is 0 Å². The SMILES string of the molecule is Cn1c(N)c(C2=[NH+]CCC2)c(=O)n1-c1ccccc1. The second kappa shape index (κ2) is 4.42. The van der Waals surface area contributed by atoms with Crippen molar-refractivity contribution in [3.8, 4) is 5.69 Å². The van der Waals surface area contributed by atoms with Crippen LogP contribution in [0.2, 0.25) is 0 Å². The maximum Gasteiger partial charge on any atom is 0.287 e.